The number of esters is 1. The van der Waals surface area contributed by atoms with E-state index in [1.54, 1.807) is 25.1 Å². The lowest BCUT2D eigenvalue weighted by Crippen LogP contribution is -2.02. The molecule has 1 rings (SSSR count). The molecule has 0 radical (unpaired) electrons. The number of carbonyl (C=O) groups excluding carboxylic acids is 1. The lowest BCUT2D eigenvalue weighted by Gasteiger charge is -2.06. The topological polar surface area (TPSA) is 79.5 Å². The van der Waals surface area contributed by atoms with Crippen molar-refractivity contribution >= 4 is 12.0 Å². The summed E-state index contributed by atoms with van der Waals surface area (Å²) in [7, 11) is 1.20. The number of benzene rings is 1. The van der Waals surface area contributed by atoms with Crippen LogP contribution >= 0.6 is 0 Å². The molecule has 1 aromatic rings. The Bertz CT molecular complexity index is 514. The van der Waals surface area contributed by atoms with Crippen molar-refractivity contribution in [3.05, 3.63) is 29.3 Å². The molecular formula is C13H13NO4. The molecule has 0 spiro atoms. The second-order valence-electron chi connectivity index (χ2n) is 3.32. The third-order valence-electron chi connectivity index (χ3n) is 2.12. The highest BCUT2D eigenvalue weighted by Gasteiger charge is 2.09. The largest absolute Gasteiger partial charge is 0.504 e. The molecule has 0 saturated carbocycles. The van der Waals surface area contributed by atoms with E-state index in [9.17, 15) is 9.90 Å². The molecule has 0 bridgehead atoms. The van der Waals surface area contributed by atoms with E-state index in [4.69, 9.17) is 10.00 Å². The molecule has 0 aliphatic carbocycles. The molecule has 0 heterocycles. The first-order valence-corrected chi connectivity index (χ1v) is 5.28. The molecule has 0 amide bonds. The van der Waals surface area contributed by atoms with Crippen LogP contribution in [-0.2, 0) is 9.53 Å². The number of nitrogens with zero attached hydrogens (tertiary/aromatic N) is 1. The molecule has 0 atom stereocenters. The van der Waals surface area contributed by atoms with Crippen LogP contribution in [0.4, 0.5) is 0 Å². The van der Waals surface area contributed by atoms with Gasteiger partial charge in [-0.3, -0.25) is 0 Å². The molecule has 0 fully saturated rings. The summed E-state index contributed by atoms with van der Waals surface area (Å²) in [6.07, 6.45) is 1.37. The van der Waals surface area contributed by atoms with E-state index >= 15 is 0 Å². The van der Waals surface area contributed by atoms with Crippen LogP contribution < -0.4 is 4.74 Å². The van der Waals surface area contributed by atoms with Crippen molar-refractivity contribution in [2.24, 2.45) is 0 Å². The Labute approximate surface area is 105 Å². The average Bonchev–Trinajstić information content (AvgIpc) is 2.39. The summed E-state index contributed by atoms with van der Waals surface area (Å²) in [6, 6.07) is 6.29. The molecule has 5 heteroatoms. The maximum absolute atomic E-state index is 11.2. The maximum atomic E-state index is 11.2. The van der Waals surface area contributed by atoms with Crippen molar-refractivity contribution < 1.29 is 19.4 Å². The number of phenols is 1. The van der Waals surface area contributed by atoms with Crippen molar-refractivity contribution in [3.63, 3.8) is 0 Å². The number of phenolic OH excluding ortho intramolecular Hbond substituents is 1. The molecule has 0 unspecified atom stereocenters. The van der Waals surface area contributed by atoms with Gasteiger partial charge in [0.05, 0.1) is 13.7 Å². The lowest BCUT2D eigenvalue weighted by atomic mass is 10.1. The van der Waals surface area contributed by atoms with Gasteiger partial charge in [0.25, 0.3) is 0 Å². The summed E-state index contributed by atoms with van der Waals surface area (Å²) in [5, 5.41) is 18.3. The normalized spacial score (nSPS) is 10.6. The van der Waals surface area contributed by atoms with E-state index in [0.717, 1.165) is 0 Å². The van der Waals surface area contributed by atoms with Gasteiger partial charge in [-0.25, -0.2) is 4.79 Å². The second kappa shape index (κ2) is 6.30. The van der Waals surface area contributed by atoms with Gasteiger partial charge in [0.1, 0.15) is 11.6 Å². The summed E-state index contributed by atoms with van der Waals surface area (Å²) in [6.45, 7) is 2.19. The predicted molar refractivity (Wildman–Crippen MR) is 64.9 cm³/mol. The van der Waals surface area contributed by atoms with Crippen LogP contribution in [0.2, 0.25) is 0 Å². The quantitative estimate of drug-likeness (QED) is 0.499. The van der Waals surface area contributed by atoms with Crippen LogP contribution in [-0.4, -0.2) is 24.8 Å². The highest BCUT2D eigenvalue weighted by molar-refractivity contribution is 5.97. The van der Waals surface area contributed by atoms with Crippen LogP contribution in [0.15, 0.2) is 23.8 Å². The van der Waals surface area contributed by atoms with Crippen LogP contribution in [0, 0.1) is 11.3 Å². The van der Waals surface area contributed by atoms with E-state index in [2.05, 4.69) is 4.74 Å². The highest BCUT2D eigenvalue weighted by atomic mass is 16.5. The Hall–Kier alpha value is -2.48. The van der Waals surface area contributed by atoms with Crippen molar-refractivity contribution in [1.82, 2.24) is 0 Å². The number of aromatic hydroxyl groups is 1. The Kier molecular flexibility index (Phi) is 4.76. The number of rotatable bonds is 4. The standard InChI is InChI=1S/C13H13NO4/c1-3-18-12-7-9(4-5-11(12)15)6-10(8-14)13(16)17-2/h4-7,15H,3H2,1-2H3. The first-order valence-electron chi connectivity index (χ1n) is 5.28. The fourth-order valence-corrected chi connectivity index (χ4v) is 1.31. The lowest BCUT2D eigenvalue weighted by molar-refractivity contribution is -0.135. The fraction of sp³-hybridized carbons (Fsp3) is 0.231. The van der Waals surface area contributed by atoms with Gasteiger partial charge in [0.15, 0.2) is 11.5 Å². The summed E-state index contributed by atoms with van der Waals surface area (Å²) in [4.78, 5) is 11.2. The Morgan fingerprint density at radius 1 is 1.56 bits per heavy atom. The number of carbonyl (C=O) groups is 1. The first-order chi connectivity index (χ1) is 8.62. The maximum Gasteiger partial charge on any atom is 0.348 e. The van der Waals surface area contributed by atoms with Crippen molar-refractivity contribution in [2.45, 2.75) is 6.92 Å². The van der Waals surface area contributed by atoms with Gasteiger partial charge in [-0.05, 0) is 30.7 Å². The minimum absolute atomic E-state index is 0.00516. The second-order valence-corrected chi connectivity index (χ2v) is 3.32. The zero-order chi connectivity index (χ0) is 13.5. The molecule has 0 aliphatic rings. The third-order valence-corrected chi connectivity index (χ3v) is 2.12. The number of hydrogen-bond acceptors (Lipinski definition) is 5. The van der Waals surface area contributed by atoms with Gasteiger partial charge < -0.3 is 14.6 Å². The van der Waals surface area contributed by atoms with E-state index in [1.165, 1.54) is 19.3 Å². The molecule has 0 aliphatic heterocycles. The first kappa shape index (κ1) is 13.6. The highest BCUT2D eigenvalue weighted by Crippen LogP contribution is 2.27. The van der Waals surface area contributed by atoms with Gasteiger partial charge in [-0.2, -0.15) is 5.26 Å². The summed E-state index contributed by atoms with van der Waals surface area (Å²) < 4.78 is 9.67. The average molecular weight is 247 g/mol. The molecule has 18 heavy (non-hydrogen) atoms. The molecule has 1 aromatic carbocycles. The zero-order valence-electron chi connectivity index (χ0n) is 10.1. The Balaban J connectivity index is 3.11. The Morgan fingerprint density at radius 2 is 2.28 bits per heavy atom. The molecule has 0 aromatic heterocycles. The summed E-state index contributed by atoms with van der Waals surface area (Å²) >= 11 is 0. The number of hydrogen-bond donors (Lipinski definition) is 1. The van der Waals surface area contributed by atoms with E-state index in [-0.39, 0.29) is 11.3 Å². The van der Waals surface area contributed by atoms with Gasteiger partial charge in [-0.15, -0.1) is 0 Å². The zero-order valence-corrected chi connectivity index (χ0v) is 10.1. The minimum atomic E-state index is -0.705. The molecule has 1 N–H and O–H groups in total. The van der Waals surface area contributed by atoms with Crippen LogP contribution in [0.5, 0.6) is 11.5 Å². The number of nitriles is 1. The minimum Gasteiger partial charge on any atom is -0.504 e. The van der Waals surface area contributed by atoms with E-state index in [1.807, 2.05) is 0 Å². The van der Waals surface area contributed by atoms with Crippen LogP contribution in [0.1, 0.15) is 12.5 Å². The smallest absolute Gasteiger partial charge is 0.348 e. The van der Waals surface area contributed by atoms with E-state index in [0.29, 0.717) is 17.9 Å². The monoisotopic (exact) mass is 247 g/mol. The van der Waals surface area contributed by atoms with Crippen molar-refractivity contribution in [1.29, 1.82) is 5.26 Å². The summed E-state index contributed by atoms with van der Waals surface area (Å²) in [5.74, 6) is -0.400. The van der Waals surface area contributed by atoms with Crippen LogP contribution in [0.3, 0.4) is 0 Å². The predicted octanol–water partition coefficient (Wildman–Crippen LogP) is 1.87. The SMILES string of the molecule is CCOc1cc(C=C(C#N)C(=O)OC)ccc1O. The van der Waals surface area contributed by atoms with Crippen molar-refractivity contribution in [3.8, 4) is 17.6 Å². The number of methoxy groups -OCH3 is 1. The molecule has 0 saturated heterocycles. The number of ether oxygens (including phenoxy) is 2. The van der Waals surface area contributed by atoms with Crippen molar-refractivity contribution in [2.75, 3.05) is 13.7 Å². The third kappa shape index (κ3) is 3.25. The fourth-order valence-electron chi connectivity index (χ4n) is 1.31. The summed E-state index contributed by atoms with van der Waals surface area (Å²) in [5.41, 5.74) is 0.448. The molecular weight excluding hydrogens is 234 g/mol. The van der Waals surface area contributed by atoms with Gasteiger partial charge >= 0.3 is 5.97 Å². The molecule has 94 valence electrons. The Morgan fingerprint density at radius 3 is 2.83 bits per heavy atom. The van der Waals surface area contributed by atoms with Gasteiger partial charge in [0, 0.05) is 0 Å². The van der Waals surface area contributed by atoms with Crippen LogP contribution in [0.25, 0.3) is 6.08 Å². The van der Waals surface area contributed by atoms with Gasteiger partial charge in [0.2, 0.25) is 0 Å². The van der Waals surface area contributed by atoms with Gasteiger partial charge in [-0.1, -0.05) is 6.07 Å². The molecule has 5 nitrogen and oxygen atoms in total. The van der Waals surface area contributed by atoms with E-state index < -0.39 is 5.97 Å².